The van der Waals surface area contributed by atoms with E-state index in [1.807, 2.05) is 83.1 Å². The van der Waals surface area contributed by atoms with Crippen molar-refractivity contribution in [3.05, 3.63) is 66.7 Å². The van der Waals surface area contributed by atoms with E-state index in [2.05, 4.69) is 11.3 Å². The molecule has 5 atom stereocenters. The summed E-state index contributed by atoms with van der Waals surface area (Å²) < 4.78 is 33.9. The zero-order valence-corrected chi connectivity index (χ0v) is 29.6. The number of Topliss-reactive ketones (excluding diaryl/α,β-unsaturated/α-hetero) is 1. The van der Waals surface area contributed by atoms with Crippen LogP contribution in [0, 0.1) is 29.6 Å². The number of aryl methyl sites for hydroxylation is 1. The SMILES string of the molecule is C=CC1CC1(CC(=O)C1C[C@@H](Oc2nc(-c3ccccc3)nc3ccc(C)cc23)CN1C(=O)[C@@H](C)C(C)(C)C)C(=O)NS(=O)(=O)C(C)C. The predicted octanol–water partition coefficient (Wildman–Crippen LogP) is 5.64. The maximum absolute atomic E-state index is 14.2. The molecule has 1 N–H and O–H groups in total. The van der Waals surface area contributed by atoms with Gasteiger partial charge in [0.15, 0.2) is 11.6 Å². The van der Waals surface area contributed by atoms with Crippen molar-refractivity contribution >= 4 is 38.5 Å². The van der Waals surface area contributed by atoms with Crippen molar-refractivity contribution in [2.45, 2.75) is 85.1 Å². The standard InChI is InChI=1S/C37H46N4O6S/c1-9-26-19-37(26,35(44)40-48(45,46)22(2)3)20-31(42)30-18-27(21-41(30)34(43)24(5)36(6,7)8)47-33-28-17-23(4)15-16-29(28)38-32(39-33)25-13-11-10-12-14-25/h9-17,22,24,26-27,30H,1,18-21H2,2-8H3,(H,40,44)/t24-,26?,27-,30?,37?/m1/s1. The van der Waals surface area contributed by atoms with E-state index in [0.717, 1.165) is 16.5 Å². The normalized spacial score (nSPS) is 23.2. The largest absolute Gasteiger partial charge is 0.472 e. The van der Waals surface area contributed by atoms with Gasteiger partial charge in [0.1, 0.15) is 6.10 Å². The lowest BCUT2D eigenvalue weighted by atomic mass is 9.81. The number of allylic oxidation sites excluding steroid dienone is 1. The third-order valence-electron chi connectivity index (χ3n) is 9.93. The lowest BCUT2D eigenvalue weighted by Gasteiger charge is -2.33. The zero-order valence-electron chi connectivity index (χ0n) is 28.8. The molecule has 11 heteroatoms. The van der Waals surface area contributed by atoms with Gasteiger partial charge >= 0.3 is 0 Å². The van der Waals surface area contributed by atoms with Crippen molar-refractivity contribution in [1.82, 2.24) is 19.6 Å². The number of hydrogen-bond acceptors (Lipinski definition) is 8. The number of likely N-dealkylation sites (tertiary alicyclic amines) is 1. The molecule has 0 bridgehead atoms. The number of benzene rings is 2. The van der Waals surface area contributed by atoms with Crippen molar-refractivity contribution in [2.75, 3.05) is 6.54 Å². The van der Waals surface area contributed by atoms with Gasteiger partial charge in [-0.25, -0.2) is 13.4 Å². The Balaban J connectivity index is 1.47. The molecule has 2 heterocycles. The van der Waals surface area contributed by atoms with Crippen LogP contribution in [0.4, 0.5) is 0 Å². The van der Waals surface area contributed by atoms with E-state index < -0.39 is 44.7 Å². The van der Waals surface area contributed by atoms with Crippen LogP contribution >= 0.6 is 0 Å². The van der Waals surface area contributed by atoms with Crippen LogP contribution < -0.4 is 9.46 Å². The summed E-state index contributed by atoms with van der Waals surface area (Å²) in [6.07, 6.45) is 1.29. The summed E-state index contributed by atoms with van der Waals surface area (Å²) in [7, 11) is -3.91. The highest BCUT2D eigenvalue weighted by Crippen LogP contribution is 2.57. The molecule has 256 valence electrons. The average molecular weight is 675 g/mol. The first-order valence-electron chi connectivity index (χ1n) is 16.5. The first-order chi connectivity index (χ1) is 22.5. The molecule has 2 amide bonds. The number of hydrogen-bond donors (Lipinski definition) is 1. The topological polar surface area (TPSA) is 136 Å². The van der Waals surface area contributed by atoms with E-state index >= 15 is 0 Å². The van der Waals surface area contributed by atoms with Crippen molar-refractivity contribution < 1.29 is 27.5 Å². The number of rotatable bonds is 11. The van der Waals surface area contributed by atoms with Crippen molar-refractivity contribution in [2.24, 2.45) is 22.7 Å². The van der Waals surface area contributed by atoms with E-state index in [1.165, 1.54) is 13.8 Å². The highest BCUT2D eigenvalue weighted by molar-refractivity contribution is 7.90. The number of amides is 2. The van der Waals surface area contributed by atoms with Crippen molar-refractivity contribution in [1.29, 1.82) is 0 Å². The zero-order chi connectivity index (χ0) is 35.2. The Labute approximate surface area is 283 Å². The Hall–Kier alpha value is -4.12. The molecule has 48 heavy (non-hydrogen) atoms. The first kappa shape index (κ1) is 35.2. The summed E-state index contributed by atoms with van der Waals surface area (Å²) in [5, 5.41) is -0.0990. The number of nitrogens with one attached hydrogen (secondary N) is 1. The maximum atomic E-state index is 14.2. The number of sulfonamides is 1. The van der Waals surface area contributed by atoms with E-state index in [4.69, 9.17) is 14.7 Å². The molecule has 1 aromatic heterocycles. The van der Waals surface area contributed by atoms with Gasteiger partial charge < -0.3 is 9.64 Å². The molecular weight excluding hydrogens is 628 g/mol. The van der Waals surface area contributed by atoms with Gasteiger partial charge in [-0.1, -0.05) is 75.7 Å². The van der Waals surface area contributed by atoms with Crippen LogP contribution in [0.25, 0.3) is 22.3 Å². The Kier molecular flexibility index (Phi) is 9.58. The monoisotopic (exact) mass is 674 g/mol. The maximum Gasteiger partial charge on any atom is 0.240 e. The highest BCUT2D eigenvalue weighted by atomic mass is 32.2. The number of ether oxygens (including phenoxy) is 1. The highest BCUT2D eigenvalue weighted by Gasteiger charge is 2.61. The molecule has 10 nitrogen and oxygen atoms in total. The quantitative estimate of drug-likeness (QED) is 0.258. The van der Waals surface area contributed by atoms with E-state index in [0.29, 0.717) is 23.6 Å². The second kappa shape index (κ2) is 13.1. The third-order valence-corrected chi connectivity index (χ3v) is 11.6. The number of fused-ring (bicyclic) bond motifs is 1. The van der Waals surface area contributed by atoms with Crippen LogP contribution in [-0.4, -0.2) is 64.8 Å². The molecule has 2 aliphatic rings. The third kappa shape index (κ3) is 7.02. The van der Waals surface area contributed by atoms with Gasteiger partial charge in [-0.15, -0.1) is 6.58 Å². The van der Waals surface area contributed by atoms with Crippen LogP contribution in [-0.2, 0) is 24.4 Å². The van der Waals surface area contributed by atoms with Crippen LogP contribution in [0.2, 0.25) is 0 Å². The molecule has 5 rings (SSSR count). The molecule has 3 aromatic rings. The lowest BCUT2D eigenvalue weighted by Crippen LogP contribution is -2.47. The summed E-state index contributed by atoms with van der Waals surface area (Å²) in [4.78, 5) is 52.8. The number of nitrogens with zero attached hydrogens (tertiary/aromatic N) is 3. The minimum absolute atomic E-state index is 0.152. The van der Waals surface area contributed by atoms with Crippen molar-refractivity contribution in [3.8, 4) is 17.3 Å². The van der Waals surface area contributed by atoms with Gasteiger partial charge in [0.25, 0.3) is 0 Å². The van der Waals surface area contributed by atoms with Crippen LogP contribution in [0.5, 0.6) is 5.88 Å². The van der Waals surface area contributed by atoms with Crippen LogP contribution in [0.1, 0.15) is 66.4 Å². The Morgan fingerprint density at radius 3 is 2.40 bits per heavy atom. The fraction of sp³-hybridized carbons (Fsp3) is 0.486. The van der Waals surface area contributed by atoms with Gasteiger partial charge in [-0.05, 0) is 50.7 Å². The minimum atomic E-state index is -3.91. The molecule has 1 aliphatic carbocycles. The van der Waals surface area contributed by atoms with Gasteiger partial charge in [0.2, 0.25) is 27.7 Å². The minimum Gasteiger partial charge on any atom is -0.472 e. The van der Waals surface area contributed by atoms with Crippen LogP contribution in [0.3, 0.4) is 0 Å². The van der Waals surface area contributed by atoms with Crippen molar-refractivity contribution in [3.63, 3.8) is 0 Å². The summed E-state index contributed by atoms with van der Waals surface area (Å²) in [5.74, 6) is -1.12. The second-order valence-electron chi connectivity index (χ2n) is 14.7. The van der Waals surface area contributed by atoms with Gasteiger partial charge in [-0.2, -0.15) is 4.98 Å². The average Bonchev–Trinajstić information content (AvgIpc) is 3.59. The van der Waals surface area contributed by atoms with Gasteiger partial charge in [0.05, 0.1) is 34.2 Å². The molecule has 2 fully saturated rings. The first-order valence-corrected chi connectivity index (χ1v) is 18.0. The summed E-state index contributed by atoms with van der Waals surface area (Å²) in [6, 6.07) is 14.6. The van der Waals surface area contributed by atoms with E-state index in [-0.39, 0.29) is 42.4 Å². The fourth-order valence-corrected chi connectivity index (χ4v) is 6.89. The van der Waals surface area contributed by atoms with Gasteiger partial charge in [-0.3, -0.25) is 19.1 Å². The molecular formula is C37H46N4O6S. The molecule has 1 aliphatic heterocycles. The Bertz CT molecular complexity index is 1850. The van der Waals surface area contributed by atoms with E-state index in [9.17, 15) is 22.8 Å². The Morgan fingerprint density at radius 1 is 1.10 bits per heavy atom. The Morgan fingerprint density at radius 2 is 1.79 bits per heavy atom. The number of aromatic nitrogens is 2. The van der Waals surface area contributed by atoms with Gasteiger partial charge in [0, 0.05) is 24.3 Å². The molecule has 0 spiro atoms. The number of ketones is 1. The van der Waals surface area contributed by atoms with E-state index in [1.54, 1.807) is 11.0 Å². The molecule has 2 aromatic carbocycles. The smallest absolute Gasteiger partial charge is 0.240 e. The summed E-state index contributed by atoms with van der Waals surface area (Å²) in [6.45, 7) is 16.7. The summed E-state index contributed by atoms with van der Waals surface area (Å²) in [5.41, 5.74) is 0.922. The molecule has 1 saturated heterocycles. The second-order valence-corrected chi connectivity index (χ2v) is 16.9. The summed E-state index contributed by atoms with van der Waals surface area (Å²) >= 11 is 0. The lowest BCUT2D eigenvalue weighted by molar-refractivity contribution is -0.144. The fourth-order valence-electron chi connectivity index (χ4n) is 6.19. The molecule has 1 saturated carbocycles. The number of carbonyl (C=O) groups excluding carboxylic acids is 3. The number of carbonyl (C=O) groups is 3. The molecule has 3 unspecified atom stereocenters. The predicted molar refractivity (Wildman–Crippen MR) is 185 cm³/mol. The van der Waals surface area contributed by atoms with Crippen LogP contribution in [0.15, 0.2) is 61.2 Å². The molecule has 0 radical (unpaired) electrons.